The summed E-state index contributed by atoms with van der Waals surface area (Å²) in [6, 6.07) is 5.42. The molecule has 0 aliphatic heterocycles. The van der Waals surface area contributed by atoms with Gasteiger partial charge in [-0.3, -0.25) is 0 Å². The minimum absolute atomic E-state index is 0.285. The van der Waals surface area contributed by atoms with Gasteiger partial charge in [-0.05, 0) is 24.1 Å². The summed E-state index contributed by atoms with van der Waals surface area (Å²) in [6.07, 6.45) is 4.82. The third kappa shape index (κ3) is 2.75. The lowest BCUT2D eigenvalue weighted by Crippen LogP contribution is -1.76. The minimum Gasteiger partial charge on any atom is -0.508 e. The van der Waals surface area contributed by atoms with Crippen molar-refractivity contribution >= 4 is 12.4 Å². The summed E-state index contributed by atoms with van der Waals surface area (Å²) in [5.41, 5.74) is 1.76. The van der Waals surface area contributed by atoms with Crippen molar-refractivity contribution in [3.05, 3.63) is 35.4 Å². The fourth-order valence-corrected chi connectivity index (χ4v) is 0.990. The van der Waals surface area contributed by atoms with Crippen LogP contribution in [0.25, 0.3) is 6.08 Å². The molecule has 1 aromatic rings. The summed E-state index contributed by atoms with van der Waals surface area (Å²) in [7, 11) is 0. The van der Waals surface area contributed by atoms with E-state index in [0.29, 0.717) is 6.42 Å². The molecular formula is C11H12O2. The van der Waals surface area contributed by atoms with Gasteiger partial charge in [0.05, 0.1) is 0 Å². The molecule has 2 heteroatoms. The lowest BCUT2D eigenvalue weighted by atomic mass is 10.1. The second kappa shape index (κ2) is 4.45. The van der Waals surface area contributed by atoms with E-state index in [1.54, 1.807) is 12.1 Å². The summed E-state index contributed by atoms with van der Waals surface area (Å²) >= 11 is 0. The highest BCUT2D eigenvalue weighted by molar-refractivity contribution is 5.59. The van der Waals surface area contributed by atoms with Gasteiger partial charge in [0.1, 0.15) is 12.0 Å². The molecule has 0 bridgehead atoms. The Labute approximate surface area is 77.5 Å². The zero-order chi connectivity index (χ0) is 9.68. The molecule has 1 N–H and O–H groups in total. The average molecular weight is 176 g/mol. The van der Waals surface area contributed by atoms with Crippen LogP contribution in [0.5, 0.6) is 5.75 Å². The quantitative estimate of drug-likeness (QED) is 0.717. The van der Waals surface area contributed by atoms with Crippen molar-refractivity contribution < 1.29 is 9.90 Å². The lowest BCUT2D eigenvalue weighted by Gasteiger charge is -1.98. The van der Waals surface area contributed by atoms with Gasteiger partial charge in [0.2, 0.25) is 0 Å². The molecule has 13 heavy (non-hydrogen) atoms. The summed E-state index contributed by atoms with van der Waals surface area (Å²) in [5.74, 6) is 0.285. The van der Waals surface area contributed by atoms with Crippen LogP contribution < -0.4 is 0 Å². The molecule has 1 aromatic carbocycles. The van der Waals surface area contributed by atoms with Crippen molar-refractivity contribution in [3.63, 3.8) is 0 Å². The Morgan fingerprint density at radius 3 is 2.85 bits per heavy atom. The highest BCUT2D eigenvalue weighted by Gasteiger charge is 1.94. The molecule has 0 amide bonds. The van der Waals surface area contributed by atoms with Crippen LogP contribution in [0.3, 0.4) is 0 Å². The van der Waals surface area contributed by atoms with Crippen molar-refractivity contribution in [3.8, 4) is 5.75 Å². The van der Waals surface area contributed by atoms with E-state index in [-0.39, 0.29) is 5.75 Å². The van der Waals surface area contributed by atoms with Gasteiger partial charge < -0.3 is 9.90 Å². The Kier molecular flexibility index (Phi) is 3.26. The number of phenolic OH excluding ortho intramolecular Hbond substituents is 1. The largest absolute Gasteiger partial charge is 0.508 e. The maximum atomic E-state index is 10.0. The Bertz CT molecular complexity index is 327. The van der Waals surface area contributed by atoms with E-state index >= 15 is 0 Å². The molecule has 0 atom stereocenters. The first-order valence-corrected chi connectivity index (χ1v) is 4.14. The standard InChI is InChI=1S/C11H12O2/c1-9-5-6-10(8-11(9)13)4-2-3-7-12/h2,4-8,13H,3H2,1H3. The number of aromatic hydroxyl groups is 1. The molecule has 0 aliphatic carbocycles. The van der Waals surface area contributed by atoms with Crippen molar-refractivity contribution in [1.29, 1.82) is 0 Å². The maximum Gasteiger partial charge on any atom is 0.123 e. The van der Waals surface area contributed by atoms with E-state index in [1.165, 1.54) is 0 Å². The van der Waals surface area contributed by atoms with Crippen LogP contribution >= 0.6 is 0 Å². The molecule has 2 nitrogen and oxygen atoms in total. The monoisotopic (exact) mass is 176 g/mol. The summed E-state index contributed by atoms with van der Waals surface area (Å²) in [4.78, 5) is 10.0. The fraction of sp³-hybridized carbons (Fsp3) is 0.182. The highest BCUT2D eigenvalue weighted by atomic mass is 16.3. The number of hydrogen-bond acceptors (Lipinski definition) is 2. The number of aldehydes is 1. The van der Waals surface area contributed by atoms with E-state index in [1.807, 2.05) is 25.1 Å². The van der Waals surface area contributed by atoms with Crippen LogP contribution in [-0.2, 0) is 4.79 Å². The third-order valence-corrected chi connectivity index (χ3v) is 1.78. The van der Waals surface area contributed by atoms with Gasteiger partial charge in [-0.15, -0.1) is 0 Å². The molecule has 0 radical (unpaired) electrons. The number of carbonyl (C=O) groups excluding carboxylic acids is 1. The molecule has 0 spiro atoms. The highest BCUT2D eigenvalue weighted by Crippen LogP contribution is 2.18. The number of hydrogen-bond donors (Lipinski definition) is 1. The van der Waals surface area contributed by atoms with E-state index in [9.17, 15) is 9.90 Å². The Morgan fingerprint density at radius 2 is 2.23 bits per heavy atom. The smallest absolute Gasteiger partial charge is 0.123 e. The maximum absolute atomic E-state index is 10.0. The first-order chi connectivity index (χ1) is 6.24. The molecule has 0 saturated carbocycles. The normalized spacial score (nSPS) is 10.5. The molecule has 0 aromatic heterocycles. The SMILES string of the molecule is Cc1ccc(C=CCC=O)cc1O. The van der Waals surface area contributed by atoms with Gasteiger partial charge in [0.15, 0.2) is 0 Å². The molecule has 1 rings (SSSR count). The van der Waals surface area contributed by atoms with Crippen molar-refractivity contribution in [2.75, 3.05) is 0 Å². The molecule has 0 aliphatic rings. The number of aryl methyl sites for hydroxylation is 1. The van der Waals surface area contributed by atoms with Gasteiger partial charge in [0, 0.05) is 6.42 Å². The van der Waals surface area contributed by atoms with Crippen LogP contribution in [-0.4, -0.2) is 11.4 Å². The van der Waals surface area contributed by atoms with Crippen molar-refractivity contribution in [1.82, 2.24) is 0 Å². The topological polar surface area (TPSA) is 37.3 Å². The van der Waals surface area contributed by atoms with Crippen molar-refractivity contribution in [2.45, 2.75) is 13.3 Å². The lowest BCUT2D eigenvalue weighted by molar-refractivity contribution is -0.107. The molecule has 0 heterocycles. The van der Waals surface area contributed by atoms with E-state index in [0.717, 1.165) is 17.4 Å². The second-order valence-corrected chi connectivity index (χ2v) is 2.85. The van der Waals surface area contributed by atoms with E-state index in [4.69, 9.17) is 0 Å². The van der Waals surface area contributed by atoms with Gasteiger partial charge in [-0.25, -0.2) is 0 Å². The number of allylic oxidation sites excluding steroid dienone is 1. The van der Waals surface area contributed by atoms with Gasteiger partial charge in [-0.2, -0.15) is 0 Å². The zero-order valence-corrected chi connectivity index (χ0v) is 7.53. The Balaban J connectivity index is 2.79. The fourth-order valence-electron chi connectivity index (χ4n) is 0.990. The van der Waals surface area contributed by atoms with Crippen LogP contribution in [0, 0.1) is 6.92 Å². The van der Waals surface area contributed by atoms with Crippen LogP contribution in [0.15, 0.2) is 24.3 Å². The average Bonchev–Trinajstić information content (AvgIpc) is 2.12. The molecule has 0 unspecified atom stereocenters. The zero-order valence-electron chi connectivity index (χ0n) is 7.53. The second-order valence-electron chi connectivity index (χ2n) is 2.85. The predicted octanol–water partition coefficient (Wildman–Crippen LogP) is 2.30. The predicted molar refractivity (Wildman–Crippen MR) is 52.6 cm³/mol. The summed E-state index contributed by atoms with van der Waals surface area (Å²) in [5, 5.41) is 9.35. The first kappa shape index (κ1) is 9.52. The van der Waals surface area contributed by atoms with Gasteiger partial charge >= 0.3 is 0 Å². The van der Waals surface area contributed by atoms with Gasteiger partial charge in [0.25, 0.3) is 0 Å². The number of carbonyl (C=O) groups is 1. The molecular weight excluding hydrogens is 164 g/mol. The van der Waals surface area contributed by atoms with E-state index in [2.05, 4.69) is 0 Å². The molecule has 0 saturated heterocycles. The van der Waals surface area contributed by atoms with Crippen LogP contribution in [0.2, 0.25) is 0 Å². The number of benzene rings is 1. The van der Waals surface area contributed by atoms with Crippen molar-refractivity contribution in [2.24, 2.45) is 0 Å². The number of rotatable bonds is 3. The first-order valence-electron chi connectivity index (χ1n) is 4.14. The molecule has 68 valence electrons. The Hall–Kier alpha value is -1.57. The van der Waals surface area contributed by atoms with E-state index < -0.39 is 0 Å². The van der Waals surface area contributed by atoms with Gasteiger partial charge in [-0.1, -0.05) is 24.3 Å². The Morgan fingerprint density at radius 1 is 1.46 bits per heavy atom. The molecule has 0 fully saturated rings. The third-order valence-electron chi connectivity index (χ3n) is 1.78. The minimum atomic E-state index is 0.285. The van der Waals surface area contributed by atoms with Crippen LogP contribution in [0.1, 0.15) is 17.5 Å². The number of phenols is 1. The van der Waals surface area contributed by atoms with Crippen LogP contribution in [0.4, 0.5) is 0 Å². The summed E-state index contributed by atoms with van der Waals surface area (Å²) < 4.78 is 0. The summed E-state index contributed by atoms with van der Waals surface area (Å²) in [6.45, 7) is 1.84.